The number of para-hydroxylation sites is 5. The van der Waals surface area contributed by atoms with Crippen molar-refractivity contribution in [3.8, 4) is 100 Å². The first-order chi connectivity index (χ1) is 64.0. The van der Waals surface area contributed by atoms with E-state index in [9.17, 15) is 0 Å². The van der Waals surface area contributed by atoms with Crippen LogP contribution in [0.3, 0.4) is 0 Å². The van der Waals surface area contributed by atoms with Crippen LogP contribution in [0.25, 0.3) is 166 Å². The zero-order chi connectivity index (χ0) is 84.8. The highest BCUT2D eigenvalue weighted by Gasteiger charge is 2.51. The molecule has 0 saturated carbocycles. The summed E-state index contributed by atoms with van der Waals surface area (Å²) >= 11 is 0. The van der Waals surface area contributed by atoms with Crippen LogP contribution >= 0.6 is 0 Å². The van der Waals surface area contributed by atoms with Gasteiger partial charge in [0.1, 0.15) is 0 Å². The summed E-state index contributed by atoms with van der Waals surface area (Å²) in [4.78, 5) is 5.06. The molecule has 0 unspecified atom stereocenters. The second kappa shape index (κ2) is 29.8. The Morgan fingerprint density at radius 1 is 0.186 bits per heavy atom. The van der Waals surface area contributed by atoms with Crippen LogP contribution in [0.15, 0.2) is 473 Å². The van der Waals surface area contributed by atoms with E-state index in [1.807, 2.05) is 0 Å². The molecular formula is C125H82N4. The summed E-state index contributed by atoms with van der Waals surface area (Å²) in [5.41, 5.74) is 42.2. The highest BCUT2D eigenvalue weighted by molar-refractivity contribution is 6.15. The van der Waals surface area contributed by atoms with Crippen LogP contribution in [-0.4, -0.2) is 9.13 Å². The lowest BCUT2D eigenvalue weighted by atomic mass is 9.65. The predicted molar refractivity (Wildman–Crippen MR) is 540 cm³/mol. The van der Waals surface area contributed by atoms with Crippen molar-refractivity contribution in [1.29, 1.82) is 0 Å². The molecule has 1 aliphatic carbocycles. The van der Waals surface area contributed by atoms with Crippen LogP contribution in [0, 0.1) is 0 Å². The van der Waals surface area contributed by atoms with Crippen molar-refractivity contribution >= 4 is 99.3 Å². The Balaban J connectivity index is 0.621. The van der Waals surface area contributed by atoms with Gasteiger partial charge in [-0.05, 0) is 223 Å². The molecule has 0 amide bonds. The van der Waals surface area contributed by atoms with E-state index in [4.69, 9.17) is 0 Å². The van der Waals surface area contributed by atoms with Crippen LogP contribution in [0.5, 0.6) is 0 Å². The summed E-state index contributed by atoms with van der Waals surface area (Å²) in [6.45, 7) is 0. The fourth-order valence-electron chi connectivity index (χ4n) is 22.5. The second-order valence-corrected chi connectivity index (χ2v) is 34.8. The van der Waals surface area contributed by atoms with Gasteiger partial charge in [0.2, 0.25) is 0 Å². The number of fused-ring (bicyclic) bond motifs is 22. The molecule has 0 saturated heterocycles. The molecule has 21 aromatic carbocycles. The normalized spacial score (nSPS) is 12.7. The van der Waals surface area contributed by atoms with Gasteiger partial charge in [-0.25, -0.2) is 0 Å². The summed E-state index contributed by atoms with van der Waals surface area (Å²) in [7, 11) is 0. The van der Waals surface area contributed by atoms with Gasteiger partial charge >= 0.3 is 0 Å². The minimum atomic E-state index is -0.699. The first-order valence-corrected chi connectivity index (χ1v) is 44.9. The van der Waals surface area contributed by atoms with Gasteiger partial charge < -0.3 is 18.9 Å². The second-order valence-electron chi connectivity index (χ2n) is 34.8. The lowest BCUT2D eigenvalue weighted by Gasteiger charge is -2.40. The minimum absolute atomic E-state index is 0.699. The topological polar surface area (TPSA) is 16.3 Å². The zero-order valence-electron chi connectivity index (χ0n) is 70.7. The molecule has 0 bridgehead atoms. The van der Waals surface area contributed by atoms with Gasteiger partial charge in [0.25, 0.3) is 0 Å². The maximum absolute atomic E-state index is 2.62. The lowest BCUT2D eigenvalue weighted by molar-refractivity contribution is 0.748. The fraction of sp³-hybridized carbons (Fsp3) is 0.0240. The summed E-state index contributed by atoms with van der Waals surface area (Å²) in [5.74, 6) is 0. The Kier molecular flexibility index (Phi) is 17.0. The Morgan fingerprint density at radius 3 is 1.29 bits per heavy atom. The van der Waals surface area contributed by atoms with Crippen LogP contribution < -0.4 is 9.80 Å². The molecule has 4 heterocycles. The third kappa shape index (κ3) is 11.6. The van der Waals surface area contributed by atoms with E-state index in [-0.39, 0.29) is 0 Å². The molecule has 1 spiro atoms. The Morgan fingerprint density at radius 2 is 0.605 bits per heavy atom. The summed E-state index contributed by atoms with van der Waals surface area (Å²) in [6.07, 6.45) is 1.50. The number of nitrogens with zero attached hydrogens (tertiary/aromatic N) is 4. The predicted octanol–water partition coefficient (Wildman–Crippen LogP) is 33.0. The van der Waals surface area contributed by atoms with Gasteiger partial charge in [-0.2, -0.15) is 0 Å². The molecule has 0 radical (unpaired) electrons. The van der Waals surface area contributed by atoms with Crippen molar-refractivity contribution in [2.24, 2.45) is 0 Å². The first kappa shape index (κ1) is 73.8. The van der Waals surface area contributed by atoms with Gasteiger partial charge in [-0.3, -0.25) is 0 Å². The molecule has 0 atom stereocenters. The van der Waals surface area contributed by atoms with Gasteiger partial charge in [0, 0.05) is 73.6 Å². The number of rotatable bonds is 12. The summed E-state index contributed by atoms with van der Waals surface area (Å²) in [5, 5.41) is 9.68. The smallest absolute Gasteiger partial charge is 0.0755 e. The molecule has 602 valence electrons. The van der Waals surface area contributed by atoms with E-state index in [1.54, 1.807) is 0 Å². The van der Waals surface area contributed by atoms with Crippen LogP contribution in [0.4, 0.5) is 34.1 Å². The number of aromatic nitrogens is 2. The van der Waals surface area contributed by atoms with Gasteiger partial charge in [-0.15, -0.1) is 0 Å². The first-order valence-electron chi connectivity index (χ1n) is 44.9. The number of benzene rings is 21. The van der Waals surface area contributed by atoms with Gasteiger partial charge in [0.15, 0.2) is 0 Å². The van der Waals surface area contributed by atoms with Crippen molar-refractivity contribution < 1.29 is 0 Å². The van der Waals surface area contributed by atoms with E-state index in [0.717, 1.165) is 79.6 Å². The Hall–Kier alpha value is -16.7. The number of hydrogen-bond acceptors (Lipinski definition) is 2. The number of anilines is 6. The van der Waals surface area contributed by atoms with Crippen molar-refractivity contribution in [1.82, 2.24) is 9.13 Å². The van der Waals surface area contributed by atoms with Crippen molar-refractivity contribution in [2.75, 3.05) is 9.80 Å². The molecule has 3 aliphatic rings. The highest BCUT2D eigenvalue weighted by atomic mass is 15.2. The average molecular weight is 1640 g/mol. The Labute approximate surface area is 749 Å². The van der Waals surface area contributed by atoms with Gasteiger partial charge in [0.05, 0.1) is 50.2 Å². The molecule has 23 aromatic rings. The van der Waals surface area contributed by atoms with Crippen LogP contribution in [0.2, 0.25) is 0 Å². The maximum atomic E-state index is 2.62. The van der Waals surface area contributed by atoms with Crippen molar-refractivity contribution in [3.63, 3.8) is 0 Å². The SMILES string of the molecule is c1ccc(-c2ccccc2-c2ccccc2N(c2ccc(-c3cccc4cc(-c5ccc6c7cccc8c7n(c6c5)-c5ccc(N(c6ccccc6-c6ccccc6-c6ccccc6)c6cccc7ccccc67)cc5C85c6ccccc6-c6ccccc65)ccc34)cc2)c2ccc3c(c2)Cc2ccccc2-c2ccccc2Cc2cccc4c5ccccc5n-3c24)cc1. The van der Waals surface area contributed by atoms with Gasteiger partial charge in [-0.1, -0.05) is 388 Å². The molecule has 2 aliphatic heterocycles. The van der Waals surface area contributed by atoms with Crippen molar-refractivity contribution in [3.05, 3.63) is 518 Å². The van der Waals surface area contributed by atoms with Crippen molar-refractivity contribution in [2.45, 2.75) is 18.3 Å². The molecule has 26 rings (SSSR count). The Bertz CT molecular complexity index is 8470. The third-order valence-corrected chi connectivity index (χ3v) is 28.0. The van der Waals surface area contributed by atoms with E-state index < -0.39 is 5.41 Å². The summed E-state index contributed by atoms with van der Waals surface area (Å²) < 4.78 is 5.19. The minimum Gasteiger partial charge on any atom is -0.310 e. The summed E-state index contributed by atoms with van der Waals surface area (Å²) in [6, 6.07) is 178. The molecule has 129 heavy (non-hydrogen) atoms. The number of hydrogen-bond donors (Lipinski definition) is 0. The molecular weight excluding hydrogens is 1560 g/mol. The largest absolute Gasteiger partial charge is 0.310 e. The van der Waals surface area contributed by atoms with E-state index in [1.165, 1.54) is 171 Å². The van der Waals surface area contributed by atoms with E-state index in [2.05, 4.69) is 492 Å². The maximum Gasteiger partial charge on any atom is 0.0755 e. The average Bonchev–Trinajstić information content (AvgIpc) is 1.50. The molecule has 0 N–H and O–H groups in total. The van der Waals surface area contributed by atoms with Crippen LogP contribution in [0.1, 0.15) is 44.5 Å². The molecule has 4 nitrogen and oxygen atoms in total. The standard InChI is InChI=1S/C125H82N4/c1-3-31-81(32-4-1)96-41-13-15-46-102(96)106-50-19-24-59-118(106)126(93-69-73-116-91(78-93)77-88-37-9-11-44-99(88)98-43-10-8-36-87(98)76-90-40-28-54-110-108-52-21-26-61-120(108)128(116)123(90)110)92-67-63-84(64-68-92)95-53-27-39-89-75-85(65-71-100(89)95)86-66-72-109-111-55-30-58-114-124(111)129(122(109)79-86)121-74-70-94(80-115(121)125(114)112-56-22-17-48-104(112)105-49-18-23-57-113(105)125)127(117-62-29-38-83-35-7-12-45-101(83)117)119-60-25-20-51-107(119)103-47-16-14-42-97(103)82-33-5-2-6-34-82/h1-75,78-80H,76-77H2. The molecule has 0 fully saturated rings. The van der Waals surface area contributed by atoms with Crippen LogP contribution in [-0.2, 0) is 18.3 Å². The quantitative estimate of drug-likeness (QED) is 0.121. The molecule has 2 aromatic heterocycles. The zero-order valence-corrected chi connectivity index (χ0v) is 70.7. The third-order valence-electron chi connectivity index (χ3n) is 28.0. The highest BCUT2D eigenvalue weighted by Crippen LogP contribution is 2.63. The fourth-order valence-corrected chi connectivity index (χ4v) is 22.5. The molecule has 4 heteroatoms. The lowest BCUT2D eigenvalue weighted by Crippen LogP contribution is -2.33. The van der Waals surface area contributed by atoms with E-state index >= 15 is 0 Å². The van der Waals surface area contributed by atoms with E-state index in [0.29, 0.717) is 6.42 Å². The monoisotopic (exact) mass is 1640 g/mol.